The maximum absolute atomic E-state index is 11.8. The van der Waals surface area contributed by atoms with Crippen LogP contribution < -0.4 is 4.90 Å². The van der Waals surface area contributed by atoms with Gasteiger partial charge in [-0.3, -0.25) is 0 Å². The molecule has 1 aliphatic rings. The van der Waals surface area contributed by atoms with Crippen LogP contribution in [-0.2, 0) is 11.2 Å². The summed E-state index contributed by atoms with van der Waals surface area (Å²) in [5, 5.41) is 12.4. The predicted molar refractivity (Wildman–Crippen MR) is 85.4 cm³/mol. The molecule has 3 aromatic rings. The number of hydrogen-bond acceptors (Lipinski definition) is 5. The number of anilines is 1. The van der Waals surface area contributed by atoms with Gasteiger partial charge in [-0.05, 0) is 35.6 Å². The van der Waals surface area contributed by atoms with Crippen molar-refractivity contribution in [3.8, 4) is 0 Å². The Morgan fingerprint density at radius 2 is 2.19 bits per heavy atom. The molecule has 0 amide bonds. The number of aliphatic carboxylic acids is 1. The van der Waals surface area contributed by atoms with Crippen LogP contribution in [0.5, 0.6) is 0 Å². The number of para-hydroxylation sites is 1. The van der Waals surface area contributed by atoms with E-state index in [1.807, 2.05) is 40.6 Å². The lowest BCUT2D eigenvalue weighted by Gasteiger charge is -2.32. The van der Waals surface area contributed by atoms with Crippen molar-refractivity contribution in [1.82, 2.24) is 4.98 Å². The average molecular weight is 316 g/mol. The molecule has 1 unspecified atom stereocenters. The molecule has 1 aromatic carbocycles. The first-order chi connectivity index (χ1) is 10.2. The largest absolute Gasteiger partial charge is 0.479 e. The lowest BCUT2D eigenvalue weighted by Crippen LogP contribution is -2.39. The molecule has 2 aromatic heterocycles. The van der Waals surface area contributed by atoms with E-state index in [1.54, 1.807) is 22.7 Å². The van der Waals surface area contributed by atoms with Crippen LogP contribution in [0.4, 0.5) is 5.13 Å². The highest BCUT2D eigenvalue weighted by Crippen LogP contribution is 2.39. The second-order valence-electron chi connectivity index (χ2n) is 4.95. The number of carbonyl (C=O) groups is 1. The molecule has 21 heavy (non-hydrogen) atoms. The van der Waals surface area contributed by atoms with Gasteiger partial charge in [0.1, 0.15) is 0 Å². The second kappa shape index (κ2) is 4.82. The molecule has 0 radical (unpaired) electrons. The number of hydrogen-bond donors (Lipinski definition) is 1. The number of fused-ring (bicyclic) bond motifs is 2. The van der Waals surface area contributed by atoms with Crippen molar-refractivity contribution in [3.05, 3.63) is 46.2 Å². The van der Waals surface area contributed by atoms with Crippen LogP contribution >= 0.6 is 22.7 Å². The van der Waals surface area contributed by atoms with Gasteiger partial charge in [0.05, 0.1) is 10.2 Å². The zero-order valence-corrected chi connectivity index (χ0v) is 12.7. The minimum Gasteiger partial charge on any atom is -0.479 e. The minimum absolute atomic E-state index is 0.624. The quantitative estimate of drug-likeness (QED) is 0.785. The van der Waals surface area contributed by atoms with Gasteiger partial charge >= 0.3 is 5.97 Å². The monoisotopic (exact) mass is 316 g/mol. The van der Waals surface area contributed by atoms with Gasteiger partial charge in [0.25, 0.3) is 0 Å². The smallest absolute Gasteiger partial charge is 0.331 e. The van der Waals surface area contributed by atoms with E-state index < -0.39 is 12.0 Å². The lowest BCUT2D eigenvalue weighted by atomic mass is 10.0. The van der Waals surface area contributed by atoms with Crippen LogP contribution in [0.15, 0.2) is 35.7 Å². The molecule has 1 aliphatic heterocycles. The maximum atomic E-state index is 11.8. The van der Waals surface area contributed by atoms with Crippen LogP contribution in [0.25, 0.3) is 10.2 Å². The Labute approximate surface area is 129 Å². The van der Waals surface area contributed by atoms with Crippen LogP contribution in [0.1, 0.15) is 16.5 Å². The summed E-state index contributed by atoms with van der Waals surface area (Å²) in [5.41, 5.74) is 1.84. The number of benzene rings is 1. The molecule has 0 bridgehead atoms. The molecular weight excluding hydrogens is 304 g/mol. The van der Waals surface area contributed by atoms with Crippen molar-refractivity contribution in [2.24, 2.45) is 0 Å². The van der Waals surface area contributed by atoms with Crippen molar-refractivity contribution in [2.75, 3.05) is 11.4 Å². The van der Waals surface area contributed by atoms with Crippen molar-refractivity contribution >= 4 is 44.0 Å². The summed E-state index contributed by atoms with van der Waals surface area (Å²) in [7, 11) is 0. The first-order valence-electron chi connectivity index (χ1n) is 6.65. The normalized spacial score (nSPS) is 17.9. The summed E-state index contributed by atoms with van der Waals surface area (Å²) >= 11 is 3.20. The molecule has 6 heteroatoms. The number of thiazole rings is 1. The zero-order chi connectivity index (χ0) is 14.4. The number of aromatic nitrogens is 1. The first kappa shape index (κ1) is 12.8. The summed E-state index contributed by atoms with van der Waals surface area (Å²) in [6, 6.07) is 9.22. The van der Waals surface area contributed by atoms with Crippen molar-refractivity contribution in [3.63, 3.8) is 0 Å². The Kier molecular flexibility index (Phi) is 2.94. The molecule has 3 heterocycles. The number of carboxylic acids is 1. The molecule has 106 valence electrons. The molecule has 1 N–H and O–H groups in total. The van der Waals surface area contributed by atoms with Crippen LogP contribution in [0.2, 0.25) is 0 Å². The highest BCUT2D eigenvalue weighted by Gasteiger charge is 2.35. The van der Waals surface area contributed by atoms with Crippen LogP contribution in [0, 0.1) is 0 Å². The zero-order valence-electron chi connectivity index (χ0n) is 11.0. The predicted octanol–water partition coefficient (Wildman–Crippen LogP) is 3.55. The van der Waals surface area contributed by atoms with Gasteiger partial charge in [0, 0.05) is 11.4 Å². The van der Waals surface area contributed by atoms with Gasteiger partial charge in [0.2, 0.25) is 0 Å². The van der Waals surface area contributed by atoms with E-state index >= 15 is 0 Å². The number of nitrogens with zero attached hydrogens (tertiary/aromatic N) is 2. The van der Waals surface area contributed by atoms with Gasteiger partial charge in [-0.25, -0.2) is 9.78 Å². The molecule has 0 fully saturated rings. The van der Waals surface area contributed by atoms with E-state index in [-0.39, 0.29) is 0 Å². The van der Waals surface area contributed by atoms with Crippen molar-refractivity contribution in [2.45, 2.75) is 12.5 Å². The Morgan fingerprint density at radius 3 is 3.00 bits per heavy atom. The van der Waals surface area contributed by atoms with Gasteiger partial charge in [0.15, 0.2) is 11.2 Å². The molecule has 4 rings (SSSR count). The summed E-state index contributed by atoms with van der Waals surface area (Å²) in [6.07, 6.45) is 0.882. The van der Waals surface area contributed by atoms with Gasteiger partial charge in [-0.2, -0.15) is 0 Å². The Morgan fingerprint density at radius 1 is 1.33 bits per heavy atom. The molecule has 0 saturated heterocycles. The Bertz CT molecular complexity index is 791. The lowest BCUT2D eigenvalue weighted by molar-refractivity contribution is -0.138. The average Bonchev–Trinajstić information content (AvgIpc) is 3.11. The van der Waals surface area contributed by atoms with Gasteiger partial charge < -0.3 is 10.0 Å². The van der Waals surface area contributed by atoms with Crippen molar-refractivity contribution in [1.29, 1.82) is 0 Å². The highest BCUT2D eigenvalue weighted by molar-refractivity contribution is 7.22. The molecule has 1 atom stereocenters. The maximum Gasteiger partial charge on any atom is 0.331 e. The van der Waals surface area contributed by atoms with Crippen LogP contribution in [-0.4, -0.2) is 22.6 Å². The standard InChI is InChI=1S/C15H12N2O2S2/c18-14(19)13-9-6-8-20-11(9)5-7-17(13)15-16-10-3-1-2-4-12(10)21-15/h1-4,6,8,13H,5,7H2,(H,18,19). The Balaban J connectivity index is 1.82. The molecule has 4 nitrogen and oxygen atoms in total. The molecule has 0 saturated carbocycles. The molecule has 0 aliphatic carbocycles. The van der Waals surface area contributed by atoms with E-state index in [1.165, 1.54) is 4.88 Å². The molecule has 0 spiro atoms. The first-order valence-corrected chi connectivity index (χ1v) is 8.35. The fourth-order valence-electron chi connectivity index (χ4n) is 2.77. The van der Waals surface area contributed by atoms with E-state index in [4.69, 9.17) is 0 Å². The third kappa shape index (κ3) is 2.02. The van der Waals surface area contributed by atoms with E-state index in [0.717, 1.165) is 27.3 Å². The van der Waals surface area contributed by atoms with Gasteiger partial charge in [-0.15, -0.1) is 11.3 Å². The number of carboxylic acid groups (broad SMARTS) is 1. The van der Waals surface area contributed by atoms with Crippen LogP contribution in [0.3, 0.4) is 0 Å². The number of rotatable bonds is 2. The summed E-state index contributed by atoms with van der Waals surface area (Å²) in [4.78, 5) is 19.5. The third-order valence-electron chi connectivity index (χ3n) is 3.73. The van der Waals surface area contributed by atoms with E-state index in [0.29, 0.717) is 6.54 Å². The fourth-order valence-corrected chi connectivity index (χ4v) is 4.69. The van der Waals surface area contributed by atoms with E-state index in [2.05, 4.69) is 4.98 Å². The van der Waals surface area contributed by atoms with E-state index in [9.17, 15) is 9.90 Å². The highest BCUT2D eigenvalue weighted by atomic mass is 32.1. The Hall–Kier alpha value is -1.92. The minimum atomic E-state index is -0.811. The SMILES string of the molecule is O=C(O)C1c2ccsc2CCN1c1nc2ccccc2s1. The molecular formula is C15H12N2O2S2. The van der Waals surface area contributed by atoms with Gasteiger partial charge in [-0.1, -0.05) is 23.5 Å². The summed E-state index contributed by atoms with van der Waals surface area (Å²) in [6.45, 7) is 0.699. The topological polar surface area (TPSA) is 53.4 Å². The second-order valence-corrected chi connectivity index (χ2v) is 6.96. The number of thiophene rings is 1. The van der Waals surface area contributed by atoms with Crippen molar-refractivity contribution < 1.29 is 9.90 Å². The summed E-state index contributed by atoms with van der Waals surface area (Å²) in [5.74, 6) is -0.811. The summed E-state index contributed by atoms with van der Waals surface area (Å²) < 4.78 is 1.09. The third-order valence-corrected chi connectivity index (χ3v) is 5.80. The fraction of sp³-hybridized carbons (Fsp3) is 0.200.